The van der Waals surface area contributed by atoms with Crippen molar-refractivity contribution in [3.05, 3.63) is 41.7 Å². The first-order chi connectivity index (χ1) is 10.3. The topological polar surface area (TPSA) is 86.8 Å². The molecule has 1 aliphatic rings. The Labute approximate surface area is 122 Å². The third-order valence-corrected chi connectivity index (χ3v) is 3.64. The van der Waals surface area contributed by atoms with Crippen LogP contribution in [0.25, 0.3) is 0 Å². The Balaban J connectivity index is 1.55. The summed E-state index contributed by atoms with van der Waals surface area (Å²) in [5.74, 6) is -0.175. The molecule has 110 valence electrons. The van der Waals surface area contributed by atoms with E-state index in [4.69, 9.17) is 0 Å². The number of aromatic nitrogens is 4. The molecule has 1 aromatic heterocycles. The number of aromatic amines is 1. The summed E-state index contributed by atoms with van der Waals surface area (Å²) in [5, 5.41) is 16.0. The Hall–Kier alpha value is -2.28. The van der Waals surface area contributed by atoms with Crippen molar-refractivity contribution < 1.29 is 4.79 Å². The Morgan fingerprint density at radius 2 is 2.24 bits per heavy atom. The first kappa shape index (κ1) is 13.7. The number of benzene rings is 1. The zero-order valence-electron chi connectivity index (χ0n) is 11.7. The normalized spacial score (nSPS) is 19.3. The number of piperidine rings is 1. The van der Waals surface area contributed by atoms with E-state index in [1.807, 2.05) is 6.07 Å². The lowest BCUT2D eigenvalue weighted by molar-refractivity contribution is 0.0890. The maximum atomic E-state index is 11.9. The van der Waals surface area contributed by atoms with E-state index in [1.54, 1.807) is 0 Å². The molecule has 1 atom stereocenters. The van der Waals surface area contributed by atoms with Crippen molar-refractivity contribution in [2.75, 3.05) is 13.1 Å². The third kappa shape index (κ3) is 3.63. The summed E-state index contributed by atoms with van der Waals surface area (Å²) in [7, 11) is 0. The van der Waals surface area contributed by atoms with Gasteiger partial charge in [0.25, 0.3) is 11.7 Å². The molecule has 7 heteroatoms. The number of nitrogens with zero attached hydrogens (tertiary/aromatic N) is 4. The van der Waals surface area contributed by atoms with Crippen LogP contribution >= 0.6 is 0 Å². The third-order valence-electron chi connectivity index (χ3n) is 3.64. The molecule has 1 aliphatic heterocycles. The van der Waals surface area contributed by atoms with Crippen LogP contribution in [0.4, 0.5) is 0 Å². The van der Waals surface area contributed by atoms with Gasteiger partial charge < -0.3 is 5.32 Å². The van der Waals surface area contributed by atoms with Crippen molar-refractivity contribution in [1.29, 1.82) is 0 Å². The number of rotatable bonds is 4. The molecule has 1 saturated heterocycles. The van der Waals surface area contributed by atoms with E-state index in [0.717, 1.165) is 32.5 Å². The molecule has 0 spiro atoms. The van der Waals surface area contributed by atoms with Gasteiger partial charge in [-0.25, -0.2) is 0 Å². The van der Waals surface area contributed by atoms with Crippen molar-refractivity contribution in [3.8, 4) is 0 Å². The SMILES string of the molecule is O=C(NC1CCCN(Cc2ccccc2)C1)c1nn[nH]n1. The summed E-state index contributed by atoms with van der Waals surface area (Å²) in [6.07, 6.45) is 2.05. The van der Waals surface area contributed by atoms with E-state index in [9.17, 15) is 4.79 Å². The molecule has 2 N–H and O–H groups in total. The summed E-state index contributed by atoms with van der Waals surface area (Å²) in [6.45, 7) is 2.82. The fourth-order valence-corrected chi connectivity index (χ4v) is 2.67. The number of tetrazole rings is 1. The Morgan fingerprint density at radius 3 is 3.00 bits per heavy atom. The van der Waals surface area contributed by atoms with Crippen LogP contribution in [0, 0.1) is 0 Å². The van der Waals surface area contributed by atoms with Crippen LogP contribution in [0.1, 0.15) is 29.0 Å². The molecule has 2 aromatic rings. The second-order valence-corrected chi connectivity index (χ2v) is 5.27. The quantitative estimate of drug-likeness (QED) is 0.859. The Bertz CT molecular complexity index is 570. The lowest BCUT2D eigenvalue weighted by Gasteiger charge is -2.32. The molecule has 3 rings (SSSR count). The molecular weight excluding hydrogens is 268 g/mol. The second kappa shape index (κ2) is 6.45. The fourth-order valence-electron chi connectivity index (χ4n) is 2.67. The number of carbonyl (C=O) groups excluding carboxylic acids is 1. The van der Waals surface area contributed by atoms with Gasteiger partial charge in [-0.05, 0) is 30.2 Å². The average Bonchev–Trinajstić information content (AvgIpc) is 3.03. The van der Waals surface area contributed by atoms with Gasteiger partial charge in [0.05, 0.1) is 0 Å². The zero-order valence-corrected chi connectivity index (χ0v) is 11.7. The van der Waals surface area contributed by atoms with E-state index < -0.39 is 0 Å². The molecule has 0 saturated carbocycles. The van der Waals surface area contributed by atoms with E-state index in [1.165, 1.54) is 5.56 Å². The summed E-state index contributed by atoms with van der Waals surface area (Å²) in [6, 6.07) is 10.5. The number of amides is 1. The monoisotopic (exact) mass is 286 g/mol. The van der Waals surface area contributed by atoms with Crippen molar-refractivity contribution >= 4 is 5.91 Å². The highest BCUT2D eigenvalue weighted by atomic mass is 16.2. The van der Waals surface area contributed by atoms with Crippen LogP contribution in [-0.4, -0.2) is 50.6 Å². The van der Waals surface area contributed by atoms with Gasteiger partial charge in [-0.15, -0.1) is 10.2 Å². The minimum atomic E-state index is -0.268. The van der Waals surface area contributed by atoms with E-state index in [0.29, 0.717) is 0 Å². The van der Waals surface area contributed by atoms with Crippen molar-refractivity contribution in [1.82, 2.24) is 30.8 Å². The smallest absolute Gasteiger partial charge is 0.293 e. The van der Waals surface area contributed by atoms with E-state index in [-0.39, 0.29) is 17.8 Å². The highest BCUT2D eigenvalue weighted by Crippen LogP contribution is 2.13. The number of likely N-dealkylation sites (tertiary alicyclic amines) is 1. The number of nitrogens with one attached hydrogen (secondary N) is 2. The molecule has 0 radical (unpaired) electrons. The first-order valence-electron chi connectivity index (χ1n) is 7.12. The summed E-state index contributed by atoms with van der Waals surface area (Å²) < 4.78 is 0. The van der Waals surface area contributed by atoms with E-state index >= 15 is 0 Å². The predicted molar refractivity (Wildman–Crippen MR) is 76.4 cm³/mol. The van der Waals surface area contributed by atoms with Crippen LogP contribution in [0.2, 0.25) is 0 Å². The molecule has 1 unspecified atom stereocenters. The number of hydrogen-bond acceptors (Lipinski definition) is 5. The molecule has 1 amide bonds. The summed E-state index contributed by atoms with van der Waals surface area (Å²) >= 11 is 0. The van der Waals surface area contributed by atoms with E-state index in [2.05, 4.69) is 55.1 Å². The van der Waals surface area contributed by atoms with Gasteiger partial charge in [0, 0.05) is 19.1 Å². The number of H-pyrrole nitrogens is 1. The van der Waals surface area contributed by atoms with Crippen LogP contribution < -0.4 is 5.32 Å². The highest BCUT2D eigenvalue weighted by Gasteiger charge is 2.23. The van der Waals surface area contributed by atoms with Gasteiger partial charge >= 0.3 is 0 Å². The molecule has 7 nitrogen and oxygen atoms in total. The average molecular weight is 286 g/mol. The predicted octanol–water partition coefficient (Wildman–Crippen LogP) is 0.594. The molecule has 0 bridgehead atoms. The van der Waals surface area contributed by atoms with Crippen LogP contribution in [-0.2, 0) is 6.54 Å². The van der Waals surface area contributed by atoms with Gasteiger partial charge in [0.1, 0.15) is 0 Å². The molecule has 0 aliphatic carbocycles. The molecular formula is C14H18N6O. The Kier molecular flexibility index (Phi) is 4.20. The minimum Gasteiger partial charge on any atom is -0.345 e. The van der Waals surface area contributed by atoms with Gasteiger partial charge in [0.15, 0.2) is 0 Å². The highest BCUT2D eigenvalue weighted by molar-refractivity contribution is 5.90. The minimum absolute atomic E-state index is 0.0928. The first-order valence-corrected chi connectivity index (χ1v) is 7.12. The molecule has 1 fully saturated rings. The maximum Gasteiger partial charge on any atom is 0.293 e. The van der Waals surface area contributed by atoms with Gasteiger partial charge in [-0.3, -0.25) is 9.69 Å². The van der Waals surface area contributed by atoms with Crippen molar-refractivity contribution in [2.45, 2.75) is 25.4 Å². The van der Waals surface area contributed by atoms with Crippen LogP contribution in [0.5, 0.6) is 0 Å². The number of carbonyl (C=O) groups is 1. The lowest BCUT2D eigenvalue weighted by atomic mass is 10.0. The summed E-state index contributed by atoms with van der Waals surface area (Å²) in [5.41, 5.74) is 1.29. The van der Waals surface area contributed by atoms with Gasteiger partial charge in [0.2, 0.25) is 0 Å². The van der Waals surface area contributed by atoms with Crippen molar-refractivity contribution in [3.63, 3.8) is 0 Å². The lowest BCUT2D eigenvalue weighted by Crippen LogP contribution is -2.47. The standard InChI is InChI=1S/C14H18N6O/c21-14(13-16-18-19-17-13)15-12-7-4-8-20(10-12)9-11-5-2-1-3-6-11/h1-3,5-6,12H,4,7-10H2,(H,15,21)(H,16,17,18,19). The zero-order chi connectivity index (χ0) is 14.5. The molecule has 1 aromatic carbocycles. The van der Waals surface area contributed by atoms with Crippen LogP contribution in [0.15, 0.2) is 30.3 Å². The molecule has 21 heavy (non-hydrogen) atoms. The number of hydrogen-bond donors (Lipinski definition) is 2. The molecule has 2 heterocycles. The van der Waals surface area contributed by atoms with Gasteiger partial charge in [-0.1, -0.05) is 30.3 Å². The van der Waals surface area contributed by atoms with Crippen LogP contribution in [0.3, 0.4) is 0 Å². The Morgan fingerprint density at radius 1 is 1.38 bits per heavy atom. The van der Waals surface area contributed by atoms with Gasteiger partial charge in [-0.2, -0.15) is 5.21 Å². The fraction of sp³-hybridized carbons (Fsp3) is 0.429. The second-order valence-electron chi connectivity index (χ2n) is 5.27. The largest absolute Gasteiger partial charge is 0.345 e. The summed E-state index contributed by atoms with van der Waals surface area (Å²) in [4.78, 5) is 14.3. The maximum absolute atomic E-state index is 11.9. The van der Waals surface area contributed by atoms with Crippen molar-refractivity contribution in [2.24, 2.45) is 0 Å².